The normalized spacial score (nSPS) is 15.1. The fourth-order valence-electron chi connectivity index (χ4n) is 4.89. The van der Waals surface area contributed by atoms with Crippen molar-refractivity contribution in [3.05, 3.63) is 70.9 Å². The van der Waals surface area contributed by atoms with E-state index in [-0.39, 0.29) is 41.3 Å². The van der Waals surface area contributed by atoms with Gasteiger partial charge in [0, 0.05) is 60.5 Å². The summed E-state index contributed by atoms with van der Waals surface area (Å²) in [7, 11) is 1.32. The highest BCUT2D eigenvalue weighted by Crippen LogP contribution is 2.39. The molecule has 0 bridgehead atoms. The maximum absolute atomic E-state index is 14.9. The SMILES string of the molecule is COc1cccc(F)c1-c1nc(Nc2cc(N3CCC[C@H](N)C3)c(-c3cnn(CC(F)(F)F)c3)cn2)ccc1[N+](=O)[O-].Cl. The molecule has 228 valence electrons. The fraction of sp³-hybridized carbons (Fsp3) is 0.296. The van der Waals surface area contributed by atoms with Crippen molar-refractivity contribution in [2.75, 3.05) is 30.4 Å². The molecule has 43 heavy (non-hydrogen) atoms. The molecule has 0 amide bonds. The molecule has 4 heterocycles. The first-order valence-electron chi connectivity index (χ1n) is 12.9. The van der Waals surface area contributed by atoms with Gasteiger partial charge in [0.05, 0.1) is 23.8 Å². The second-order valence-corrected chi connectivity index (χ2v) is 9.74. The zero-order valence-corrected chi connectivity index (χ0v) is 23.5. The Balaban J connectivity index is 0.00000423. The van der Waals surface area contributed by atoms with E-state index in [1.54, 1.807) is 6.07 Å². The van der Waals surface area contributed by atoms with Gasteiger partial charge in [-0.25, -0.2) is 14.4 Å². The first-order chi connectivity index (χ1) is 20.0. The van der Waals surface area contributed by atoms with E-state index in [9.17, 15) is 27.7 Å². The summed E-state index contributed by atoms with van der Waals surface area (Å²) < 4.78 is 59.7. The van der Waals surface area contributed by atoms with Gasteiger partial charge in [-0.15, -0.1) is 12.4 Å². The maximum Gasteiger partial charge on any atom is 0.408 e. The van der Waals surface area contributed by atoms with Gasteiger partial charge in [-0.3, -0.25) is 14.8 Å². The molecule has 0 unspecified atom stereocenters. The molecule has 1 aliphatic heterocycles. The van der Waals surface area contributed by atoms with E-state index < -0.39 is 29.1 Å². The van der Waals surface area contributed by atoms with Crippen molar-refractivity contribution in [1.82, 2.24) is 19.7 Å². The largest absolute Gasteiger partial charge is 0.496 e. The van der Waals surface area contributed by atoms with Crippen LogP contribution < -0.4 is 20.7 Å². The lowest BCUT2D eigenvalue weighted by Gasteiger charge is -2.34. The van der Waals surface area contributed by atoms with Crippen LogP contribution in [0.3, 0.4) is 0 Å². The van der Waals surface area contributed by atoms with E-state index in [2.05, 4.69) is 20.4 Å². The third-order valence-electron chi connectivity index (χ3n) is 6.73. The molecular formula is C27H27ClF4N8O3. The number of benzene rings is 1. The number of methoxy groups -OCH3 is 1. The van der Waals surface area contributed by atoms with Gasteiger partial charge in [0.1, 0.15) is 29.7 Å². The molecule has 1 aromatic carbocycles. The second-order valence-electron chi connectivity index (χ2n) is 9.74. The Bertz CT molecular complexity index is 1620. The van der Waals surface area contributed by atoms with Crippen LogP contribution in [0.1, 0.15) is 12.8 Å². The third-order valence-corrected chi connectivity index (χ3v) is 6.73. The number of nitrogens with two attached hydrogens (primary N) is 1. The Labute approximate surface area is 249 Å². The Morgan fingerprint density at radius 1 is 1.21 bits per heavy atom. The maximum atomic E-state index is 14.9. The van der Waals surface area contributed by atoms with Crippen LogP contribution in [-0.2, 0) is 6.54 Å². The number of nitrogens with zero attached hydrogens (tertiary/aromatic N) is 6. The van der Waals surface area contributed by atoms with Crippen LogP contribution in [0.5, 0.6) is 5.75 Å². The second kappa shape index (κ2) is 12.8. The highest BCUT2D eigenvalue weighted by atomic mass is 35.5. The number of alkyl halides is 3. The molecular weight excluding hydrogens is 596 g/mol. The van der Waals surface area contributed by atoms with Gasteiger partial charge >= 0.3 is 6.18 Å². The molecule has 4 aromatic rings. The monoisotopic (exact) mass is 622 g/mol. The number of anilines is 3. The molecule has 0 saturated carbocycles. The predicted octanol–water partition coefficient (Wildman–Crippen LogP) is 5.72. The van der Waals surface area contributed by atoms with Crippen LogP contribution in [0.25, 0.3) is 22.4 Å². The minimum Gasteiger partial charge on any atom is -0.496 e. The lowest BCUT2D eigenvalue weighted by atomic mass is 10.0. The summed E-state index contributed by atoms with van der Waals surface area (Å²) in [5.74, 6) is -0.247. The van der Waals surface area contributed by atoms with Crippen molar-refractivity contribution in [2.24, 2.45) is 5.73 Å². The zero-order valence-electron chi connectivity index (χ0n) is 22.7. The van der Waals surface area contributed by atoms with Crippen LogP contribution in [0.15, 0.2) is 55.0 Å². The highest BCUT2D eigenvalue weighted by Gasteiger charge is 2.29. The van der Waals surface area contributed by atoms with Crippen molar-refractivity contribution >= 4 is 35.4 Å². The Morgan fingerprint density at radius 3 is 2.70 bits per heavy atom. The average Bonchev–Trinajstić information content (AvgIpc) is 3.39. The van der Waals surface area contributed by atoms with E-state index in [1.165, 1.54) is 50.0 Å². The van der Waals surface area contributed by atoms with Crippen molar-refractivity contribution in [1.29, 1.82) is 0 Å². The van der Waals surface area contributed by atoms with Crippen LogP contribution in [0, 0.1) is 15.9 Å². The smallest absolute Gasteiger partial charge is 0.408 e. The van der Waals surface area contributed by atoms with Gasteiger partial charge < -0.3 is 20.7 Å². The van der Waals surface area contributed by atoms with Crippen molar-refractivity contribution in [2.45, 2.75) is 31.6 Å². The lowest BCUT2D eigenvalue weighted by Crippen LogP contribution is -2.43. The molecule has 3 aromatic heterocycles. The molecule has 11 nitrogen and oxygen atoms in total. The van der Waals surface area contributed by atoms with E-state index in [1.807, 2.05) is 4.90 Å². The van der Waals surface area contributed by atoms with Gasteiger partial charge in [-0.1, -0.05) is 6.07 Å². The standard InChI is InChI=1S/C27H26F4N8O3.ClH/c1-42-22-6-2-5-19(28)25(22)26-20(39(40)41)7-8-23(36-26)35-24-10-21(37-9-3-4-17(32)14-37)18(12-33-24)16-11-34-38(13-16)15-27(29,30)31;/h2,5-8,10-13,17H,3-4,9,14-15,32H2,1H3,(H,33,35,36);1H/t17-;/m0./s1. The lowest BCUT2D eigenvalue weighted by molar-refractivity contribution is -0.384. The van der Waals surface area contributed by atoms with Crippen molar-refractivity contribution in [3.8, 4) is 28.1 Å². The Morgan fingerprint density at radius 2 is 2.00 bits per heavy atom. The summed E-state index contributed by atoms with van der Waals surface area (Å²) in [5.41, 5.74) is 7.03. The summed E-state index contributed by atoms with van der Waals surface area (Å²) in [6.45, 7) is -0.0566. The molecule has 3 N–H and O–H groups in total. The number of nitrogens with one attached hydrogen (secondary N) is 1. The van der Waals surface area contributed by atoms with Gasteiger partial charge in [0.15, 0.2) is 5.69 Å². The van der Waals surface area contributed by atoms with Crippen LogP contribution in [-0.4, -0.2) is 57.1 Å². The van der Waals surface area contributed by atoms with E-state index in [4.69, 9.17) is 10.5 Å². The highest BCUT2D eigenvalue weighted by molar-refractivity contribution is 5.85. The molecule has 1 saturated heterocycles. The summed E-state index contributed by atoms with van der Waals surface area (Å²) in [4.78, 5) is 21.9. The first kappa shape index (κ1) is 31.4. The predicted molar refractivity (Wildman–Crippen MR) is 154 cm³/mol. The number of piperidine rings is 1. The van der Waals surface area contributed by atoms with Gasteiger partial charge in [-0.2, -0.15) is 18.3 Å². The molecule has 1 aliphatic rings. The number of aromatic nitrogens is 4. The average molecular weight is 623 g/mol. The first-order valence-corrected chi connectivity index (χ1v) is 12.9. The van der Waals surface area contributed by atoms with Gasteiger partial charge in [0.2, 0.25) is 0 Å². The fourth-order valence-corrected chi connectivity index (χ4v) is 4.89. The minimum absolute atomic E-state index is 0. The molecule has 5 rings (SSSR count). The number of pyridine rings is 2. The van der Waals surface area contributed by atoms with Gasteiger partial charge in [-0.05, 0) is 31.0 Å². The van der Waals surface area contributed by atoms with Crippen molar-refractivity contribution < 1.29 is 27.2 Å². The number of hydrogen-bond donors (Lipinski definition) is 2. The molecule has 0 spiro atoms. The molecule has 16 heteroatoms. The summed E-state index contributed by atoms with van der Waals surface area (Å²) >= 11 is 0. The quantitative estimate of drug-likeness (QED) is 0.144. The number of halogens is 5. The summed E-state index contributed by atoms with van der Waals surface area (Å²) in [5, 5.41) is 18.6. The van der Waals surface area contributed by atoms with Crippen LogP contribution in [0.4, 0.5) is 40.6 Å². The summed E-state index contributed by atoms with van der Waals surface area (Å²) in [6, 6.07) is 8.19. The number of ether oxygens (including phenoxy) is 1. The molecule has 1 atom stereocenters. The van der Waals surface area contributed by atoms with Crippen molar-refractivity contribution in [3.63, 3.8) is 0 Å². The number of nitro groups is 1. The zero-order chi connectivity index (χ0) is 30.0. The molecule has 0 aliphatic carbocycles. The number of rotatable bonds is 8. The van der Waals surface area contributed by atoms with Crippen LogP contribution in [0.2, 0.25) is 0 Å². The third kappa shape index (κ3) is 7.11. The Kier molecular flexibility index (Phi) is 9.35. The van der Waals surface area contributed by atoms with Gasteiger partial charge in [0.25, 0.3) is 5.69 Å². The van der Waals surface area contributed by atoms with Crippen LogP contribution >= 0.6 is 12.4 Å². The molecule has 0 radical (unpaired) electrons. The van der Waals surface area contributed by atoms with E-state index in [0.29, 0.717) is 35.7 Å². The number of hydrogen-bond acceptors (Lipinski definition) is 9. The van der Waals surface area contributed by atoms with E-state index in [0.717, 1.165) is 23.6 Å². The minimum atomic E-state index is -4.43. The van der Waals surface area contributed by atoms with E-state index >= 15 is 0 Å². The summed E-state index contributed by atoms with van der Waals surface area (Å²) in [6.07, 6.45) is 1.36. The molecule has 1 fully saturated rings. The topological polar surface area (TPSA) is 137 Å². The Hall–Kier alpha value is -4.50.